The van der Waals surface area contributed by atoms with E-state index in [1.54, 1.807) is 38.5 Å². The van der Waals surface area contributed by atoms with E-state index in [1.165, 1.54) is 6.07 Å². The van der Waals surface area contributed by atoms with E-state index in [4.69, 9.17) is 32.7 Å². The molecule has 38 heavy (non-hydrogen) atoms. The van der Waals surface area contributed by atoms with Gasteiger partial charge in [0, 0.05) is 56.8 Å². The predicted octanol–water partition coefficient (Wildman–Crippen LogP) is 4.96. The minimum atomic E-state index is -0.354. The summed E-state index contributed by atoms with van der Waals surface area (Å²) >= 11 is 12.0. The molecule has 200 valence electrons. The average Bonchev–Trinajstić information content (AvgIpc) is 2.94. The molecule has 2 N–H and O–H groups in total. The van der Waals surface area contributed by atoms with Gasteiger partial charge in [0.1, 0.15) is 5.75 Å². The fraction of sp³-hybridized carbons (Fsp3) is 0.286. The average molecular weight is 557 g/mol. The van der Waals surface area contributed by atoms with E-state index in [9.17, 15) is 9.59 Å². The van der Waals surface area contributed by atoms with E-state index in [-0.39, 0.29) is 11.8 Å². The van der Waals surface area contributed by atoms with E-state index >= 15 is 0 Å². The fourth-order valence-corrected chi connectivity index (χ4v) is 4.65. The summed E-state index contributed by atoms with van der Waals surface area (Å²) in [7, 11) is 3.25. The van der Waals surface area contributed by atoms with Gasteiger partial charge in [-0.15, -0.1) is 0 Å². The zero-order valence-electron chi connectivity index (χ0n) is 21.3. The number of carbonyl (C=O) groups is 2. The van der Waals surface area contributed by atoms with Crippen LogP contribution in [0.15, 0.2) is 60.7 Å². The highest BCUT2D eigenvalue weighted by molar-refractivity contribution is 6.42. The minimum Gasteiger partial charge on any atom is -0.495 e. The Bertz CT molecular complexity index is 1300. The molecule has 4 rings (SSSR count). The molecule has 0 saturated carbocycles. The van der Waals surface area contributed by atoms with E-state index in [1.807, 2.05) is 24.3 Å². The first-order valence-electron chi connectivity index (χ1n) is 12.2. The maximum absolute atomic E-state index is 13.2. The Labute approximate surface area is 232 Å². The Morgan fingerprint density at radius 2 is 1.55 bits per heavy atom. The first-order valence-corrected chi connectivity index (χ1v) is 13.0. The number of hydrogen-bond acceptors (Lipinski definition) is 6. The lowest BCUT2D eigenvalue weighted by Gasteiger charge is -2.38. The van der Waals surface area contributed by atoms with Crippen LogP contribution in [0.3, 0.4) is 0 Å². The summed E-state index contributed by atoms with van der Waals surface area (Å²) in [5.41, 5.74) is 3.18. The largest absolute Gasteiger partial charge is 0.495 e. The lowest BCUT2D eigenvalue weighted by atomic mass is 10.1. The molecule has 10 heteroatoms. The van der Waals surface area contributed by atoms with Gasteiger partial charge in [-0.05, 0) is 48.5 Å². The molecule has 0 unspecified atom stereocenters. The molecule has 0 radical (unpaired) electrons. The van der Waals surface area contributed by atoms with Gasteiger partial charge in [0.2, 0.25) is 0 Å². The molecule has 0 spiro atoms. The van der Waals surface area contributed by atoms with Crippen molar-refractivity contribution in [2.75, 3.05) is 68.7 Å². The summed E-state index contributed by atoms with van der Waals surface area (Å²) in [4.78, 5) is 30.5. The van der Waals surface area contributed by atoms with E-state index in [2.05, 4.69) is 26.5 Å². The third-order valence-corrected chi connectivity index (χ3v) is 7.06. The Hall–Kier alpha value is -3.46. The highest BCUT2D eigenvalue weighted by atomic mass is 35.5. The second-order valence-electron chi connectivity index (χ2n) is 8.71. The summed E-state index contributed by atoms with van der Waals surface area (Å²) in [5, 5.41) is 6.41. The van der Waals surface area contributed by atoms with Crippen molar-refractivity contribution in [3.8, 4) is 5.75 Å². The van der Waals surface area contributed by atoms with Crippen molar-refractivity contribution in [2.45, 2.75) is 0 Å². The molecule has 1 saturated heterocycles. The number of ether oxygens (including phenoxy) is 2. The number of carbonyl (C=O) groups excluding carboxylic acids is 2. The van der Waals surface area contributed by atoms with Crippen LogP contribution in [0.5, 0.6) is 5.75 Å². The standard InChI is InChI=1S/C28H30Cl2N4O4/c1-37-16-11-31-28(36)21-18-20(32-27(35)19-7-9-22(29)23(30)17-19)8-10-24(21)33-12-14-34(15-13-33)25-5-3-4-6-26(25)38-2/h3-10,17-18H,11-16H2,1-2H3,(H,31,36)(H,32,35). The number of methoxy groups -OCH3 is 2. The number of hydrogen-bond donors (Lipinski definition) is 2. The van der Waals surface area contributed by atoms with Crippen molar-refractivity contribution >= 4 is 52.1 Å². The molecule has 0 aliphatic carbocycles. The Balaban J connectivity index is 1.54. The maximum Gasteiger partial charge on any atom is 0.255 e. The van der Waals surface area contributed by atoms with Crippen LogP contribution in [0.25, 0.3) is 0 Å². The molecule has 1 heterocycles. The van der Waals surface area contributed by atoms with Crippen molar-refractivity contribution in [3.05, 3.63) is 81.8 Å². The molecule has 1 aliphatic rings. The minimum absolute atomic E-state index is 0.241. The molecular formula is C28H30Cl2N4O4. The summed E-state index contributed by atoms with van der Waals surface area (Å²) in [5.74, 6) is 0.239. The summed E-state index contributed by atoms with van der Waals surface area (Å²) in [6.45, 7) is 3.72. The molecular weight excluding hydrogens is 527 g/mol. The molecule has 1 fully saturated rings. The van der Waals surface area contributed by atoms with Gasteiger partial charge in [-0.2, -0.15) is 0 Å². The van der Waals surface area contributed by atoms with Gasteiger partial charge >= 0.3 is 0 Å². The number of rotatable bonds is 9. The highest BCUT2D eigenvalue weighted by Crippen LogP contribution is 2.31. The van der Waals surface area contributed by atoms with E-state index in [0.29, 0.717) is 53.1 Å². The predicted molar refractivity (Wildman–Crippen MR) is 152 cm³/mol. The van der Waals surface area contributed by atoms with E-state index in [0.717, 1.165) is 30.2 Å². The first kappa shape index (κ1) is 27.6. The highest BCUT2D eigenvalue weighted by Gasteiger charge is 2.24. The molecule has 3 aromatic rings. The van der Waals surface area contributed by atoms with Gasteiger partial charge in [-0.1, -0.05) is 35.3 Å². The zero-order chi connectivity index (χ0) is 27.1. The van der Waals surface area contributed by atoms with Gasteiger partial charge in [0.25, 0.3) is 11.8 Å². The summed E-state index contributed by atoms with van der Waals surface area (Å²) in [6, 6.07) is 18.0. The molecule has 3 aromatic carbocycles. The zero-order valence-corrected chi connectivity index (χ0v) is 22.8. The van der Waals surface area contributed by atoms with Crippen LogP contribution in [0.4, 0.5) is 17.1 Å². The van der Waals surface area contributed by atoms with Gasteiger partial charge in [-0.25, -0.2) is 0 Å². The van der Waals surface area contributed by atoms with Crippen LogP contribution in [0.1, 0.15) is 20.7 Å². The monoisotopic (exact) mass is 556 g/mol. The number of benzene rings is 3. The Kier molecular flexibility index (Phi) is 9.33. The number of halogens is 2. The van der Waals surface area contributed by atoms with Crippen LogP contribution >= 0.6 is 23.2 Å². The van der Waals surface area contributed by atoms with E-state index < -0.39 is 0 Å². The van der Waals surface area contributed by atoms with Gasteiger partial charge in [-0.3, -0.25) is 9.59 Å². The number of nitrogens with one attached hydrogen (secondary N) is 2. The fourth-order valence-electron chi connectivity index (χ4n) is 4.35. The van der Waals surface area contributed by atoms with Crippen molar-refractivity contribution in [1.82, 2.24) is 5.32 Å². The van der Waals surface area contributed by atoms with Crippen LogP contribution in [0, 0.1) is 0 Å². The lowest BCUT2D eigenvalue weighted by molar-refractivity contribution is 0.0936. The third kappa shape index (κ3) is 6.51. The van der Waals surface area contributed by atoms with Gasteiger partial charge in [0.05, 0.1) is 35.0 Å². The Morgan fingerprint density at radius 3 is 2.24 bits per heavy atom. The summed E-state index contributed by atoms with van der Waals surface area (Å²) in [6.07, 6.45) is 0. The van der Waals surface area contributed by atoms with Gasteiger partial charge < -0.3 is 29.9 Å². The van der Waals surface area contributed by atoms with Crippen LogP contribution in [0.2, 0.25) is 10.0 Å². The number of nitrogens with zero attached hydrogens (tertiary/aromatic N) is 2. The van der Waals surface area contributed by atoms with Crippen molar-refractivity contribution in [2.24, 2.45) is 0 Å². The smallest absolute Gasteiger partial charge is 0.255 e. The van der Waals surface area contributed by atoms with Gasteiger partial charge in [0.15, 0.2) is 0 Å². The SMILES string of the molecule is COCCNC(=O)c1cc(NC(=O)c2ccc(Cl)c(Cl)c2)ccc1N1CCN(c2ccccc2OC)CC1. The molecule has 8 nitrogen and oxygen atoms in total. The normalized spacial score (nSPS) is 13.3. The van der Waals surface area contributed by atoms with Crippen LogP contribution in [-0.4, -0.2) is 65.4 Å². The summed E-state index contributed by atoms with van der Waals surface area (Å²) < 4.78 is 10.6. The number of amides is 2. The maximum atomic E-state index is 13.2. The number of piperazine rings is 1. The van der Waals surface area contributed by atoms with Crippen molar-refractivity contribution < 1.29 is 19.1 Å². The second kappa shape index (κ2) is 12.9. The molecule has 1 aliphatic heterocycles. The molecule has 0 bridgehead atoms. The van der Waals surface area contributed by atoms with Crippen LogP contribution in [-0.2, 0) is 4.74 Å². The lowest BCUT2D eigenvalue weighted by Crippen LogP contribution is -2.47. The molecule has 0 aromatic heterocycles. The molecule has 0 atom stereocenters. The first-order chi connectivity index (χ1) is 18.4. The molecule has 2 amide bonds. The number of anilines is 3. The third-order valence-electron chi connectivity index (χ3n) is 6.32. The van der Waals surface area contributed by atoms with Crippen molar-refractivity contribution in [3.63, 3.8) is 0 Å². The van der Waals surface area contributed by atoms with Crippen LogP contribution < -0.4 is 25.2 Å². The second-order valence-corrected chi connectivity index (χ2v) is 9.52. The number of para-hydroxylation sites is 2. The Morgan fingerprint density at radius 1 is 0.842 bits per heavy atom. The quantitative estimate of drug-likeness (QED) is 0.362. The van der Waals surface area contributed by atoms with Crippen molar-refractivity contribution in [1.29, 1.82) is 0 Å². The topological polar surface area (TPSA) is 83.1 Å².